The summed E-state index contributed by atoms with van der Waals surface area (Å²) in [6, 6.07) is 0. The van der Waals surface area contributed by atoms with E-state index in [2.05, 4.69) is 36.9 Å². The van der Waals surface area contributed by atoms with Gasteiger partial charge < -0.3 is 0 Å². The molecule has 0 aliphatic heterocycles. The second-order valence-corrected chi connectivity index (χ2v) is 4.43. The highest BCUT2D eigenvalue weighted by atomic mass is 79.9. The van der Waals surface area contributed by atoms with Crippen LogP contribution in [0.2, 0.25) is 0 Å². The normalized spacial score (nSPS) is 15.9. The number of hydrogen-bond acceptors (Lipinski definition) is 2. The van der Waals surface area contributed by atoms with Gasteiger partial charge >= 0.3 is 0 Å². The summed E-state index contributed by atoms with van der Waals surface area (Å²) in [5.74, 6) is 0. The first kappa shape index (κ1) is 9.34. The highest BCUT2D eigenvalue weighted by molar-refractivity contribution is 9.12. The van der Waals surface area contributed by atoms with Gasteiger partial charge in [0.25, 0.3) is 0 Å². The average Bonchev–Trinajstić information content (AvgIpc) is 1.84. The van der Waals surface area contributed by atoms with Crippen molar-refractivity contribution in [2.24, 2.45) is 4.99 Å². The molecule has 4 heteroatoms. The molecule has 0 saturated heterocycles. The predicted octanol–water partition coefficient (Wildman–Crippen LogP) is 1.87. The summed E-state index contributed by atoms with van der Waals surface area (Å²) in [5, 5.41) is 0.769. The van der Waals surface area contributed by atoms with Gasteiger partial charge in [0.2, 0.25) is 6.08 Å². The minimum Gasteiger partial charge on any atom is -0.211 e. The van der Waals surface area contributed by atoms with Gasteiger partial charge in [-0.15, -0.1) is 0 Å². The van der Waals surface area contributed by atoms with E-state index in [0.717, 1.165) is 5.33 Å². The van der Waals surface area contributed by atoms with E-state index in [-0.39, 0.29) is 4.32 Å². The highest BCUT2D eigenvalue weighted by Crippen LogP contribution is 2.19. The van der Waals surface area contributed by atoms with Crippen LogP contribution in [-0.2, 0) is 4.79 Å². The first-order valence-corrected chi connectivity index (χ1v) is 4.32. The van der Waals surface area contributed by atoms with Gasteiger partial charge in [0, 0.05) is 5.33 Å². The van der Waals surface area contributed by atoms with E-state index in [9.17, 15) is 4.79 Å². The van der Waals surface area contributed by atoms with Crippen molar-refractivity contribution in [3.05, 3.63) is 0 Å². The van der Waals surface area contributed by atoms with Gasteiger partial charge in [-0.25, -0.2) is 9.79 Å². The van der Waals surface area contributed by atoms with Crippen molar-refractivity contribution < 1.29 is 4.79 Å². The summed E-state index contributed by atoms with van der Waals surface area (Å²) >= 11 is 6.63. The smallest absolute Gasteiger partial charge is 0.211 e. The lowest BCUT2D eigenvalue weighted by Gasteiger charge is -2.13. The molecule has 1 unspecified atom stereocenters. The van der Waals surface area contributed by atoms with E-state index in [0.29, 0.717) is 6.54 Å². The molecule has 0 aliphatic rings. The van der Waals surface area contributed by atoms with Gasteiger partial charge in [0.1, 0.15) is 0 Å². The lowest BCUT2D eigenvalue weighted by Crippen LogP contribution is -2.21. The maximum absolute atomic E-state index is 9.64. The zero-order valence-electron chi connectivity index (χ0n) is 5.03. The Morgan fingerprint density at radius 3 is 2.67 bits per heavy atom. The monoisotopic (exact) mass is 255 g/mol. The van der Waals surface area contributed by atoms with Crippen LogP contribution in [0.25, 0.3) is 0 Å². The fourth-order valence-corrected chi connectivity index (χ4v) is 0.542. The Bertz CT molecular complexity index is 129. The van der Waals surface area contributed by atoms with Crippen LogP contribution in [0.4, 0.5) is 0 Å². The van der Waals surface area contributed by atoms with Crippen LogP contribution in [0.3, 0.4) is 0 Å². The van der Waals surface area contributed by atoms with Crippen LogP contribution in [0.1, 0.15) is 6.92 Å². The summed E-state index contributed by atoms with van der Waals surface area (Å²) in [6.45, 7) is 2.41. The topological polar surface area (TPSA) is 29.4 Å². The Morgan fingerprint density at radius 2 is 2.33 bits per heavy atom. The van der Waals surface area contributed by atoms with Crippen LogP contribution in [0.5, 0.6) is 0 Å². The number of nitrogens with zero attached hydrogens (tertiary/aromatic N) is 1. The van der Waals surface area contributed by atoms with Gasteiger partial charge in [-0.3, -0.25) is 0 Å². The molecule has 0 radical (unpaired) electrons. The first-order valence-electron chi connectivity index (χ1n) is 2.41. The Kier molecular flexibility index (Phi) is 4.36. The van der Waals surface area contributed by atoms with Crippen LogP contribution < -0.4 is 0 Å². The number of rotatable bonds is 3. The van der Waals surface area contributed by atoms with Crippen molar-refractivity contribution in [2.45, 2.75) is 11.2 Å². The number of isocyanates is 1. The number of halogens is 2. The average molecular weight is 257 g/mol. The van der Waals surface area contributed by atoms with Gasteiger partial charge in [-0.05, 0) is 6.92 Å². The molecule has 0 heterocycles. The Balaban J connectivity index is 3.71. The van der Waals surface area contributed by atoms with Crippen molar-refractivity contribution in [3.63, 3.8) is 0 Å². The summed E-state index contributed by atoms with van der Waals surface area (Å²) in [4.78, 5) is 13.1. The van der Waals surface area contributed by atoms with Crippen molar-refractivity contribution in [1.82, 2.24) is 0 Å². The number of carbonyl (C=O) groups excluding carboxylic acids is 1. The number of aliphatic imine (C=N–C) groups is 1. The van der Waals surface area contributed by atoms with Crippen molar-refractivity contribution >= 4 is 37.9 Å². The van der Waals surface area contributed by atoms with Crippen LogP contribution in [0.15, 0.2) is 4.99 Å². The van der Waals surface area contributed by atoms with Crippen molar-refractivity contribution in [2.75, 3.05) is 11.9 Å². The second-order valence-electron chi connectivity index (χ2n) is 1.95. The summed E-state index contributed by atoms with van der Waals surface area (Å²) in [7, 11) is 0. The molecule has 0 fully saturated rings. The maximum Gasteiger partial charge on any atom is 0.234 e. The van der Waals surface area contributed by atoms with E-state index in [1.165, 1.54) is 6.08 Å². The molecule has 0 aliphatic carbocycles. The van der Waals surface area contributed by atoms with Gasteiger partial charge in [0.05, 0.1) is 10.9 Å². The Hall–Kier alpha value is 0.340. The minimum absolute atomic E-state index is 0.107. The predicted molar refractivity (Wildman–Crippen MR) is 44.1 cm³/mol. The molecule has 0 bridgehead atoms. The number of alkyl halides is 2. The molecular formula is C5H7Br2NO. The highest BCUT2D eigenvalue weighted by Gasteiger charge is 2.16. The third-order valence-electron chi connectivity index (χ3n) is 0.752. The van der Waals surface area contributed by atoms with Crippen LogP contribution in [-0.4, -0.2) is 22.3 Å². The summed E-state index contributed by atoms with van der Waals surface area (Å²) in [5.41, 5.74) is 0. The van der Waals surface area contributed by atoms with Gasteiger partial charge in [-0.1, -0.05) is 31.9 Å². The molecule has 0 aromatic rings. The van der Waals surface area contributed by atoms with E-state index >= 15 is 0 Å². The summed E-state index contributed by atoms with van der Waals surface area (Å²) < 4.78 is -0.107. The van der Waals surface area contributed by atoms with E-state index in [1.807, 2.05) is 6.92 Å². The van der Waals surface area contributed by atoms with Gasteiger partial charge in [0.15, 0.2) is 0 Å². The zero-order valence-corrected chi connectivity index (χ0v) is 8.20. The Labute approximate surface area is 71.0 Å². The fraction of sp³-hybridized carbons (Fsp3) is 0.800. The largest absolute Gasteiger partial charge is 0.234 e. The lowest BCUT2D eigenvalue weighted by atomic mass is 10.2. The van der Waals surface area contributed by atoms with E-state index < -0.39 is 0 Å². The molecule has 52 valence electrons. The lowest BCUT2D eigenvalue weighted by molar-refractivity contribution is 0.561. The quantitative estimate of drug-likeness (QED) is 0.431. The molecule has 0 spiro atoms. The molecule has 1 atom stereocenters. The van der Waals surface area contributed by atoms with Crippen LogP contribution >= 0.6 is 31.9 Å². The van der Waals surface area contributed by atoms with Crippen molar-refractivity contribution in [1.29, 1.82) is 0 Å². The van der Waals surface area contributed by atoms with Gasteiger partial charge in [-0.2, -0.15) is 0 Å². The molecule has 9 heavy (non-hydrogen) atoms. The Morgan fingerprint density at radius 1 is 1.78 bits per heavy atom. The molecular weight excluding hydrogens is 250 g/mol. The van der Waals surface area contributed by atoms with E-state index in [4.69, 9.17) is 0 Å². The van der Waals surface area contributed by atoms with E-state index in [1.54, 1.807) is 0 Å². The van der Waals surface area contributed by atoms with Crippen LogP contribution in [0, 0.1) is 0 Å². The number of hydrogen-bond donors (Lipinski definition) is 0. The molecule has 0 N–H and O–H groups in total. The maximum atomic E-state index is 9.64. The molecule has 0 rings (SSSR count). The molecule has 0 amide bonds. The SMILES string of the molecule is CC(Br)(CBr)CN=C=O. The minimum atomic E-state index is -0.107. The first-order chi connectivity index (χ1) is 4.12. The zero-order chi connectivity index (χ0) is 7.33. The standard InChI is InChI=1S/C5H7Br2NO/c1-5(7,2-6)3-8-4-9/h2-3H2,1H3. The third-order valence-corrected chi connectivity index (χ3v) is 3.27. The fourth-order valence-electron chi connectivity index (χ4n) is 0.239. The molecule has 0 aromatic carbocycles. The molecule has 0 aromatic heterocycles. The summed E-state index contributed by atoms with van der Waals surface area (Å²) in [6.07, 6.45) is 1.48. The third kappa shape index (κ3) is 4.82. The molecule has 2 nitrogen and oxygen atoms in total. The second kappa shape index (κ2) is 4.20. The van der Waals surface area contributed by atoms with Crippen molar-refractivity contribution in [3.8, 4) is 0 Å². The molecule has 0 saturated carbocycles.